The first-order chi connectivity index (χ1) is 17.5. The minimum Gasteiger partial charge on any atom is -0.457 e. The number of rotatable bonds is 9. The van der Waals surface area contributed by atoms with Crippen LogP contribution in [0, 0.1) is 0 Å². The highest BCUT2D eigenvalue weighted by atomic mass is 35.5. The molecule has 0 aliphatic heterocycles. The number of urea groups is 1. The number of nitrogens with one attached hydrogen (secondary N) is 3. The Morgan fingerprint density at radius 1 is 0.946 bits per heavy atom. The number of aromatic nitrogens is 1. The molecule has 3 amide bonds. The number of carbonyl (C=O) groups is 2. The molecule has 0 spiro atoms. The molecule has 0 saturated carbocycles. The highest BCUT2D eigenvalue weighted by Gasteiger charge is 2.33. The molecule has 196 valence electrons. The molecule has 1 aromatic heterocycles. The van der Waals surface area contributed by atoms with Crippen LogP contribution in [0.5, 0.6) is 11.5 Å². The maximum atomic E-state index is 13.0. The molecule has 0 saturated heterocycles. The summed E-state index contributed by atoms with van der Waals surface area (Å²) in [5.41, 5.74) is 0.455. The predicted octanol–water partition coefficient (Wildman–Crippen LogP) is 5.63. The Morgan fingerprint density at radius 3 is 2.27 bits per heavy atom. The normalized spacial score (nSPS) is 11.1. The molecule has 4 N–H and O–H groups in total. The van der Waals surface area contributed by atoms with Crippen LogP contribution in [-0.2, 0) is 17.5 Å². The van der Waals surface area contributed by atoms with Gasteiger partial charge >= 0.3 is 12.2 Å². The van der Waals surface area contributed by atoms with Gasteiger partial charge in [-0.1, -0.05) is 11.6 Å². The van der Waals surface area contributed by atoms with Crippen LogP contribution in [0.25, 0.3) is 0 Å². The summed E-state index contributed by atoms with van der Waals surface area (Å²) in [7, 11) is 0. The van der Waals surface area contributed by atoms with Crippen LogP contribution in [0.4, 0.5) is 29.3 Å². The van der Waals surface area contributed by atoms with E-state index in [9.17, 15) is 27.6 Å². The fourth-order valence-electron chi connectivity index (χ4n) is 3.22. The van der Waals surface area contributed by atoms with Gasteiger partial charge in [0.1, 0.15) is 11.5 Å². The van der Waals surface area contributed by atoms with Crippen molar-refractivity contribution in [3.63, 3.8) is 0 Å². The average Bonchev–Trinajstić information content (AvgIpc) is 2.84. The SMILES string of the molecule is O=C(CCCCn1ccc(Oc2ccc(NC(=O)Nc3ccc(Cl)c(C(F)(F)F)c3)cc2)cc1=O)NO. The van der Waals surface area contributed by atoms with Gasteiger partial charge in [0, 0.05) is 36.6 Å². The topological polar surface area (TPSA) is 122 Å². The molecule has 13 heteroatoms. The Labute approximate surface area is 213 Å². The fourth-order valence-corrected chi connectivity index (χ4v) is 3.44. The van der Waals surface area contributed by atoms with E-state index in [4.69, 9.17) is 21.5 Å². The fraction of sp³-hybridized carbons (Fsp3) is 0.208. The number of unbranched alkanes of at least 4 members (excludes halogenated alkanes) is 1. The van der Waals surface area contributed by atoms with Gasteiger partial charge in [-0.2, -0.15) is 13.2 Å². The van der Waals surface area contributed by atoms with Crippen LogP contribution in [-0.4, -0.2) is 21.7 Å². The summed E-state index contributed by atoms with van der Waals surface area (Å²) in [4.78, 5) is 35.5. The smallest absolute Gasteiger partial charge is 0.417 e. The number of pyridine rings is 1. The zero-order chi connectivity index (χ0) is 27.0. The summed E-state index contributed by atoms with van der Waals surface area (Å²) < 4.78 is 46.1. The number of anilines is 2. The lowest BCUT2D eigenvalue weighted by atomic mass is 10.2. The van der Waals surface area contributed by atoms with Gasteiger partial charge in [-0.3, -0.25) is 14.8 Å². The Balaban J connectivity index is 1.53. The number of alkyl halides is 3. The molecule has 0 unspecified atom stereocenters. The molecule has 0 radical (unpaired) electrons. The number of hydroxylamine groups is 1. The average molecular weight is 539 g/mol. The van der Waals surface area contributed by atoms with E-state index < -0.39 is 28.7 Å². The zero-order valence-corrected chi connectivity index (χ0v) is 19.9. The summed E-state index contributed by atoms with van der Waals surface area (Å²) in [6.45, 7) is 0.397. The van der Waals surface area contributed by atoms with Gasteiger partial charge in [0.15, 0.2) is 0 Å². The molecule has 0 aliphatic carbocycles. The Morgan fingerprint density at radius 2 is 1.62 bits per heavy atom. The zero-order valence-electron chi connectivity index (χ0n) is 19.1. The van der Waals surface area contributed by atoms with E-state index in [0.717, 1.165) is 12.1 Å². The summed E-state index contributed by atoms with van der Waals surface area (Å²) in [5, 5.41) is 12.8. The van der Waals surface area contributed by atoms with Crippen LogP contribution >= 0.6 is 11.6 Å². The molecule has 37 heavy (non-hydrogen) atoms. The number of carbonyl (C=O) groups excluding carboxylic acids is 2. The van der Waals surface area contributed by atoms with E-state index in [1.807, 2.05) is 0 Å². The first kappa shape index (κ1) is 27.6. The quantitative estimate of drug-likeness (QED) is 0.160. The van der Waals surface area contributed by atoms with Crippen LogP contribution in [0.1, 0.15) is 24.8 Å². The number of aryl methyl sites for hydroxylation is 1. The van der Waals surface area contributed by atoms with Crippen LogP contribution in [0.3, 0.4) is 0 Å². The third-order valence-electron chi connectivity index (χ3n) is 5.02. The van der Waals surface area contributed by atoms with Gasteiger partial charge in [-0.25, -0.2) is 10.3 Å². The van der Waals surface area contributed by atoms with Crippen molar-refractivity contribution in [3.05, 3.63) is 81.7 Å². The molecule has 0 aliphatic rings. The maximum Gasteiger partial charge on any atom is 0.417 e. The molecule has 3 aromatic rings. The lowest BCUT2D eigenvalue weighted by molar-refractivity contribution is -0.137. The van der Waals surface area contributed by atoms with Gasteiger partial charge in [0.25, 0.3) is 5.56 Å². The van der Waals surface area contributed by atoms with E-state index >= 15 is 0 Å². The second-order valence-corrected chi connectivity index (χ2v) is 8.19. The lowest BCUT2D eigenvalue weighted by Crippen LogP contribution is -2.20. The molecular formula is C24H22ClF3N4O5. The minimum absolute atomic E-state index is 0.0837. The summed E-state index contributed by atoms with van der Waals surface area (Å²) >= 11 is 5.58. The third-order valence-corrected chi connectivity index (χ3v) is 5.35. The highest BCUT2D eigenvalue weighted by molar-refractivity contribution is 6.31. The maximum absolute atomic E-state index is 13.0. The van der Waals surface area contributed by atoms with Gasteiger partial charge < -0.3 is 19.9 Å². The van der Waals surface area contributed by atoms with Crippen molar-refractivity contribution in [2.45, 2.75) is 32.0 Å². The summed E-state index contributed by atoms with van der Waals surface area (Å²) in [6, 6.07) is 11.3. The summed E-state index contributed by atoms with van der Waals surface area (Å²) in [5.74, 6) is 0.187. The number of amides is 3. The highest BCUT2D eigenvalue weighted by Crippen LogP contribution is 2.36. The minimum atomic E-state index is -4.66. The first-order valence-corrected chi connectivity index (χ1v) is 11.3. The van der Waals surface area contributed by atoms with Gasteiger partial charge in [-0.15, -0.1) is 0 Å². The largest absolute Gasteiger partial charge is 0.457 e. The first-order valence-electron chi connectivity index (χ1n) is 10.9. The lowest BCUT2D eigenvalue weighted by Gasteiger charge is -2.13. The van der Waals surface area contributed by atoms with E-state index in [1.165, 1.54) is 41.0 Å². The molecule has 2 aromatic carbocycles. The number of hydrogen-bond acceptors (Lipinski definition) is 5. The predicted molar refractivity (Wildman–Crippen MR) is 130 cm³/mol. The molecular weight excluding hydrogens is 517 g/mol. The second-order valence-electron chi connectivity index (χ2n) is 7.78. The molecule has 9 nitrogen and oxygen atoms in total. The van der Waals surface area contributed by atoms with Gasteiger partial charge in [0.2, 0.25) is 5.91 Å². The monoisotopic (exact) mass is 538 g/mol. The van der Waals surface area contributed by atoms with E-state index in [0.29, 0.717) is 36.6 Å². The van der Waals surface area contributed by atoms with Crippen molar-refractivity contribution < 1.29 is 32.7 Å². The number of nitrogens with zero attached hydrogens (tertiary/aromatic N) is 1. The van der Waals surface area contributed by atoms with E-state index in [1.54, 1.807) is 17.7 Å². The Hall–Kier alpha value is -4.03. The number of hydrogen-bond donors (Lipinski definition) is 4. The standard InChI is InChI=1S/C24H22ClF3N4O5/c25-20-9-6-16(13-19(20)24(26,27)28)30-23(35)29-15-4-7-17(8-5-15)37-18-10-12-32(22(34)14-18)11-2-1-3-21(33)31-36/h4-10,12-14,36H,1-3,11H2,(H,31,33)(H2,29,30,35). The van der Waals surface area contributed by atoms with Crippen molar-refractivity contribution in [2.24, 2.45) is 0 Å². The Kier molecular flexibility index (Phi) is 9.15. The van der Waals surface area contributed by atoms with Crippen molar-refractivity contribution in [1.82, 2.24) is 10.0 Å². The molecule has 0 bridgehead atoms. The Bertz CT molecular complexity index is 1310. The van der Waals surface area contributed by atoms with Crippen molar-refractivity contribution >= 4 is 34.9 Å². The number of ether oxygens (including phenoxy) is 1. The van der Waals surface area contributed by atoms with Crippen LogP contribution < -0.4 is 26.4 Å². The molecule has 0 fully saturated rings. The van der Waals surface area contributed by atoms with Crippen LogP contribution in [0.2, 0.25) is 5.02 Å². The van der Waals surface area contributed by atoms with Gasteiger partial charge in [0.05, 0.1) is 10.6 Å². The summed E-state index contributed by atoms with van der Waals surface area (Å²) in [6.07, 6.45) is -1.88. The molecule has 0 atom stereocenters. The van der Waals surface area contributed by atoms with Crippen molar-refractivity contribution in [3.8, 4) is 11.5 Å². The second kappa shape index (κ2) is 12.3. The number of benzene rings is 2. The van der Waals surface area contributed by atoms with Gasteiger partial charge in [-0.05, 0) is 61.4 Å². The van der Waals surface area contributed by atoms with Crippen LogP contribution in [0.15, 0.2) is 65.6 Å². The molecule has 3 rings (SSSR count). The van der Waals surface area contributed by atoms with E-state index in [2.05, 4.69) is 10.6 Å². The van der Waals surface area contributed by atoms with Crippen molar-refractivity contribution in [1.29, 1.82) is 0 Å². The van der Waals surface area contributed by atoms with Crippen molar-refractivity contribution in [2.75, 3.05) is 10.6 Å². The molecule has 1 heterocycles. The van der Waals surface area contributed by atoms with E-state index in [-0.39, 0.29) is 17.7 Å². The number of halogens is 4. The third kappa shape index (κ3) is 8.26.